The fourth-order valence-electron chi connectivity index (χ4n) is 2.66. The van der Waals surface area contributed by atoms with Crippen molar-refractivity contribution in [3.8, 4) is 0 Å². The highest BCUT2D eigenvalue weighted by molar-refractivity contribution is 7.91. The Balaban J connectivity index is 2.03. The second-order valence-corrected chi connectivity index (χ2v) is 8.01. The average Bonchev–Trinajstić information content (AvgIpc) is 2.62. The molecule has 19 heavy (non-hydrogen) atoms. The van der Waals surface area contributed by atoms with Crippen molar-refractivity contribution in [2.75, 3.05) is 24.6 Å². The summed E-state index contributed by atoms with van der Waals surface area (Å²) >= 11 is 0. The van der Waals surface area contributed by atoms with Crippen LogP contribution in [0.1, 0.15) is 20.3 Å². The maximum Gasteiger partial charge on any atom is 0.245 e. The van der Waals surface area contributed by atoms with E-state index in [-0.39, 0.29) is 41.7 Å². The summed E-state index contributed by atoms with van der Waals surface area (Å²) in [6.45, 7) is 4.17. The van der Waals surface area contributed by atoms with Crippen LogP contribution < -0.4 is 5.32 Å². The van der Waals surface area contributed by atoms with Gasteiger partial charge in [0.1, 0.15) is 6.04 Å². The highest BCUT2D eigenvalue weighted by atomic mass is 32.2. The van der Waals surface area contributed by atoms with Crippen LogP contribution in [0.4, 0.5) is 0 Å². The van der Waals surface area contributed by atoms with Crippen molar-refractivity contribution in [1.29, 1.82) is 0 Å². The molecular formula is C12H20N2O4S. The third-order valence-corrected chi connectivity index (χ3v) is 5.54. The van der Waals surface area contributed by atoms with E-state index in [9.17, 15) is 18.0 Å². The maximum absolute atomic E-state index is 12.2. The van der Waals surface area contributed by atoms with Gasteiger partial charge in [-0.3, -0.25) is 9.59 Å². The topological polar surface area (TPSA) is 83.6 Å². The van der Waals surface area contributed by atoms with E-state index in [1.165, 1.54) is 4.90 Å². The van der Waals surface area contributed by atoms with Crippen LogP contribution in [0.25, 0.3) is 0 Å². The molecule has 1 N–H and O–H groups in total. The molecule has 0 saturated carbocycles. The van der Waals surface area contributed by atoms with Gasteiger partial charge in [0.25, 0.3) is 0 Å². The molecule has 108 valence electrons. The van der Waals surface area contributed by atoms with E-state index in [2.05, 4.69) is 5.32 Å². The highest BCUT2D eigenvalue weighted by Crippen LogP contribution is 2.21. The molecule has 2 amide bonds. The van der Waals surface area contributed by atoms with E-state index < -0.39 is 15.9 Å². The van der Waals surface area contributed by atoms with Crippen LogP contribution in [0.2, 0.25) is 0 Å². The summed E-state index contributed by atoms with van der Waals surface area (Å²) in [6, 6.07) is -0.487. The van der Waals surface area contributed by atoms with E-state index >= 15 is 0 Å². The predicted octanol–water partition coefficient (Wildman–Crippen LogP) is -0.596. The predicted molar refractivity (Wildman–Crippen MR) is 70.1 cm³/mol. The summed E-state index contributed by atoms with van der Waals surface area (Å²) < 4.78 is 22.8. The number of carbonyl (C=O) groups excluding carboxylic acids is 2. The minimum atomic E-state index is -2.95. The zero-order chi connectivity index (χ0) is 14.2. The number of hydrogen-bond donors (Lipinski definition) is 1. The first-order valence-corrected chi connectivity index (χ1v) is 8.39. The Morgan fingerprint density at radius 1 is 1.37 bits per heavy atom. The van der Waals surface area contributed by atoms with Gasteiger partial charge in [0, 0.05) is 6.54 Å². The number of sulfone groups is 1. The number of rotatable bonds is 3. The molecule has 0 aromatic carbocycles. The van der Waals surface area contributed by atoms with Gasteiger partial charge in [-0.2, -0.15) is 0 Å². The van der Waals surface area contributed by atoms with Crippen LogP contribution in [-0.2, 0) is 19.4 Å². The molecule has 2 saturated heterocycles. The lowest BCUT2D eigenvalue weighted by Gasteiger charge is -2.35. The number of nitrogens with one attached hydrogen (secondary N) is 1. The van der Waals surface area contributed by atoms with Crippen molar-refractivity contribution in [3.05, 3.63) is 0 Å². The second kappa shape index (κ2) is 5.11. The first-order valence-electron chi connectivity index (χ1n) is 6.57. The Labute approximate surface area is 113 Å². The molecule has 0 aliphatic carbocycles. The molecular weight excluding hydrogens is 268 g/mol. The Bertz CT molecular complexity index is 486. The molecule has 2 fully saturated rings. The average molecular weight is 288 g/mol. The van der Waals surface area contributed by atoms with Gasteiger partial charge in [0.05, 0.1) is 18.1 Å². The number of carbonyl (C=O) groups is 2. The van der Waals surface area contributed by atoms with E-state index in [1.54, 1.807) is 0 Å². The number of piperazine rings is 1. The molecule has 0 bridgehead atoms. The Hall–Kier alpha value is -1.11. The minimum Gasteiger partial charge on any atom is -0.343 e. The van der Waals surface area contributed by atoms with E-state index in [4.69, 9.17) is 0 Å². The van der Waals surface area contributed by atoms with Gasteiger partial charge in [0.2, 0.25) is 11.8 Å². The van der Waals surface area contributed by atoms with Crippen molar-refractivity contribution in [2.45, 2.75) is 26.3 Å². The SMILES string of the molecule is CC(C)C1NC(=O)CN(CC2CCS(=O)(=O)C2)C1=O. The lowest BCUT2D eigenvalue weighted by Crippen LogP contribution is -2.60. The maximum atomic E-state index is 12.2. The van der Waals surface area contributed by atoms with Crippen molar-refractivity contribution in [1.82, 2.24) is 10.2 Å². The largest absolute Gasteiger partial charge is 0.343 e. The summed E-state index contributed by atoms with van der Waals surface area (Å²) in [4.78, 5) is 25.3. The highest BCUT2D eigenvalue weighted by Gasteiger charge is 2.37. The zero-order valence-electron chi connectivity index (χ0n) is 11.3. The molecule has 0 radical (unpaired) electrons. The summed E-state index contributed by atoms with van der Waals surface area (Å²) in [5, 5.41) is 2.69. The molecule has 0 aromatic rings. The normalized spacial score (nSPS) is 30.8. The number of nitrogens with zero attached hydrogens (tertiary/aromatic N) is 1. The molecule has 2 aliphatic heterocycles. The summed E-state index contributed by atoms with van der Waals surface area (Å²) in [7, 11) is -2.95. The first kappa shape index (κ1) is 14.3. The molecule has 2 heterocycles. The summed E-state index contributed by atoms with van der Waals surface area (Å²) in [5.74, 6) is 0.0572. The van der Waals surface area contributed by atoms with Crippen LogP contribution in [0.15, 0.2) is 0 Å². The summed E-state index contributed by atoms with van der Waals surface area (Å²) in [6.07, 6.45) is 0.583. The van der Waals surface area contributed by atoms with Crippen LogP contribution in [0, 0.1) is 11.8 Å². The summed E-state index contributed by atoms with van der Waals surface area (Å²) in [5.41, 5.74) is 0. The fraction of sp³-hybridized carbons (Fsp3) is 0.833. The van der Waals surface area contributed by atoms with Gasteiger partial charge >= 0.3 is 0 Å². The van der Waals surface area contributed by atoms with Crippen molar-refractivity contribution < 1.29 is 18.0 Å². The fourth-order valence-corrected chi connectivity index (χ4v) is 4.51. The van der Waals surface area contributed by atoms with Crippen LogP contribution in [-0.4, -0.2) is 55.8 Å². The van der Waals surface area contributed by atoms with E-state index in [0.29, 0.717) is 13.0 Å². The lowest BCUT2D eigenvalue weighted by atomic mass is 9.99. The molecule has 6 nitrogen and oxygen atoms in total. The Morgan fingerprint density at radius 3 is 2.58 bits per heavy atom. The van der Waals surface area contributed by atoms with Crippen LogP contribution >= 0.6 is 0 Å². The Morgan fingerprint density at radius 2 is 2.05 bits per heavy atom. The van der Waals surface area contributed by atoms with Gasteiger partial charge in [-0.25, -0.2) is 8.42 Å². The molecule has 2 atom stereocenters. The van der Waals surface area contributed by atoms with Gasteiger partial charge in [-0.05, 0) is 18.3 Å². The van der Waals surface area contributed by atoms with Gasteiger partial charge in [-0.15, -0.1) is 0 Å². The monoisotopic (exact) mass is 288 g/mol. The van der Waals surface area contributed by atoms with Gasteiger partial charge < -0.3 is 10.2 Å². The molecule has 0 spiro atoms. The lowest BCUT2D eigenvalue weighted by molar-refractivity contribution is -0.146. The third-order valence-electron chi connectivity index (χ3n) is 3.70. The van der Waals surface area contributed by atoms with Crippen molar-refractivity contribution >= 4 is 21.7 Å². The van der Waals surface area contributed by atoms with E-state index in [0.717, 1.165) is 0 Å². The third kappa shape index (κ3) is 3.26. The van der Waals surface area contributed by atoms with Gasteiger partial charge in [-0.1, -0.05) is 13.8 Å². The van der Waals surface area contributed by atoms with Gasteiger partial charge in [0.15, 0.2) is 9.84 Å². The van der Waals surface area contributed by atoms with Crippen molar-refractivity contribution in [2.24, 2.45) is 11.8 Å². The first-order chi connectivity index (χ1) is 8.78. The Kier molecular flexibility index (Phi) is 3.85. The molecule has 2 rings (SSSR count). The smallest absolute Gasteiger partial charge is 0.245 e. The van der Waals surface area contributed by atoms with Crippen LogP contribution in [0.5, 0.6) is 0 Å². The minimum absolute atomic E-state index is 0.0339. The van der Waals surface area contributed by atoms with Crippen molar-refractivity contribution in [3.63, 3.8) is 0 Å². The molecule has 0 aromatic heterocycles. The van der Waals surface area contributed by atoms with Crippen LogP contribution in [0.3, 0.4) is 0 Å². The second-order valence-electron chi connectivity index (χ2n) is 5.78. The molecule has 2 aliphatic rings. The number of amides is 2. The molecule has 2 unspecified atom stereocenters. The molecule has 7 heteroatoms. The standard InChI is InChI=1S/C12H20N2O4S/c1-8(2)11-12(16)14(6-10(15)13-11)5-9-3-4-19(17,18)7-9/h8-9,11H,3-7H2,1-2H3,(H,13,15). The zero-order valence-corrected chi connectivity index (χ0v) is 12.1. The number of hydrogen-bond acceptors (Lipinski definition) is 4. The van der Waals surface area contributed by atoms with E-state index in [1.807, 2.05) is 13.8 Å². The quantitative estimate of drug-likeness (QED) is 0.752.